The van der Waals surface area contributed by atoms with Gasteiger partial charge in [0.1, 0.15) is 0 Å². The van der Waals surface area contributed by atoms with Crippen LogP contribution in [0.2, 0.25) is 0 Å². The van der Waals surface area contributed by atoms with Crippen LogP contribution in [-0.4, -0.2) is 32.4 Å². The van der Waals surface area contributed by atoms with Gasteiger partial charge in [0.25, 0.3) is 0 Å². The quantitative estimate of drug-likeness (QED) is 0.383. The number of aromatic nitrogens is 4. The topological polar surface area (TPSA) is 66.0 Å². The third-order valence-electron chi connectivity index (χ3n) is 4.83. The van der Waals surface area contributed by atoms with Crippen molar-refractivity contribution in [3.8, 4) is 22.0 Å². The third-order valence-corrected chi connectivity index (χ3v) is 6.67. The predicted octanol–water partition coefficient (Wildman–Crippen LogP) is 5.13. The van der Waals surface area contributed by atoms with E-state index in [-0.39, 0.29) is 6.10 Å². The molecule has 0 bridgehead atoms. The van der Waals surface area contributed by atoms with Crippen LogP contribution < -0.4 is 0 Å². The Labute approximate surface area is 176 Å². The third kappa shape index (κ3) is 4.14. The summed E-state index contributed by atoms with van der Waals surface area (Å²) in [4.78, 5) is 10.2. The van der Waals surface area contributed by atoms with Crippen LogP contribution in [0.1, 0.15) is 18.7 Å². The number of rotatable bonds is 7. The number of benzene rings is 1. The summed E-state index contributed by atoms with van der Waals surface area (Å²) in [5.74, 6) is 1.82. The molecule has 0 radical (unpaired) electrons. The summed E-state index contributed by atoms with van der Waals surface area (Å²) in [7, 11) is 0. The van der Waals surface area contributed by atoms with Crippen molar-refractivity contribution in [2.45, 2.75) is 36.4 Å². The normalized spacial score (nSPS) is 16.5. The number of nitrogens with zero attached hydrogens (tertiary/aromatic N) is 4. The lowest BCUT2D eigenvalue weighted by molar-refractivity contribution is 0.0954. The maximum atomic E-state index is 5.88. The molecule has 8 heteroatoms. The minimum Gasteiger partial charge on any atom is -0.376 e. The molecule has 0 aliphatic carbocycles. The van der Waals surface area contributed by atoms with Gasteiger partial charge in [0, 0.05) is 6.61 Å². The number of imidazole rings is 1. The Hall–Kier alpha value is -2.42. The molecule has 0 spiro atoms. The van der Waals surface area contributed by atoms with Crippen molar-refractivity contribution in [2.24, 2.45) is 0 Å². The van der Waals surface area contributed by atoms with E-state index < -0.39 is 0 Å². The molecule has 0 amide bonds. The number of ether oxygens (including phenoxy) is 1. The zero-order valence-corrected chi connectivity index (χ0v) is 17.4. The Morgan fingerprint density at radius 3 is 2.90 bits per heavy atom. The van der Waals surface area contributed by atoms with Crippen LogP contribution in [0.5, 0.6) is 0 Å². The van der Waals surface area contributed by atoms with Crippen LogP contribution in [-0.2, 0) is 17.0 Å². The highest BCUT2D eigenvalue weighted by Gasteiger charge is 2.21. The second-order valence-electron chi connectivity index (χ2n) is 6.82. The lowest BCUT2D eigenvalue weighted by atomic mass is 10.1. The van der Waals surface area contributed by atoms with Gasteiger partial charge in [-0.05, 0) is 29.9 Å². The van der Waals surface area contributed by atoms with Crippen molar-refractivity contribution in [1.82, 2.24) is 19.7 Å². The highest BCUT2D eigenvalue weighted by Crippen LogP contribution is 2.30. The zero-order valence-electron chi connectivity index (χ0n) is 15.7. The first-order valence-electron chi connectivity index (χ1n) is 9.58. The van der Waals surface area contributed by atoms with Gasteiger partial charge in [-0.15, -0.1) is 11.3 Å². The molecule has 4 aromatic rings. The van der Waals surface area contributed by atoms with E-state index in [1.807, 2.05) is 29.8 Å². The molecule has 4 heterocycles. The molecule has 6 nitrogen and oxygen atoms in total. The molecule has 29 heavy (non-hydrogen) atoms. The second-order valence-corrected chi connectivity index (χ2v) is 8.71. The Balaban J connectivity index is 1.37. The van der Waals surface area contributed by atoms with Gasteiger partial charge < -0.3 is 13.8 Å². The average molecular weight is 425 g/mol. The van der Waals surface area contributed by atoms with Gasteiger partial charge in [0.2, 0.25) is 11.7 Å². The summed E-state index contributed by atoms with van der Waals surface area (Å²) in [6, 6.07) is 14.3. The van der Waals surface area contributed by atoms with Gasteiger partial charge in [-0.3, -0.25) is 0 Å². The summed E-state index contributed by atoms with van der Waals surface area (Å²) in [6.07, 6.45) is 4.39. The first kappa shape index (κ1) is 18.6. The summed E-state index contributed by atoms with van der Waals surface area (Å²) >= 11 is 3.22. The summed E-state index contributed by atoms with van der Waals surface area (Å²) in [5, 5.41) is 7.04. The Kier molecular flexibility index (Phi) is 5.47. The fraction of sp³-hybridized carbons (Fsp3) is 0.286. The monoisotopic (exact) mass is 424 g/mol. The van der Waals surface area contributed by atoms with Crippen LogP contribution in [0.15, 0.2) is 63.7 Å². The Morgan fingerprint density at radius 1 is 1.17 bits per heavy atom. The van der Waals surface area contributed by atoms with Gasteiger partial charge in [-0.25, -0.2) is 4.98 Å². The fourth-order valence-electron chi connectivity index (χ4n) is 3.43. The molecule has 0 saturated carbocycles. The van der Waals surface area contributed by atoms with E-state index in [1.165, 1.54) is 0 Å². The SMILES string of the molecule is c1ccc(-c2cnc(SCc3nc(-c4cccs4)no3)n2CC2CCCO2)cc1. The van der Waals surface area contributed by atoms with Gasteiger partial charge >= 0.3 is 0 Å². The molecule has 1 unspecified atom stereocenters. The molecule has 1 atom stereocenters. The van der Waals surface area contributed by atoms with Crippen LogP contribution in [0.25, 0.3) is 22.0 Å². The zero-order chi connectivity index (χ0) is 19.5. The van der Waals surface area contributed by atoms with Crippen LogP contribution in [0.4, 0.5) is 0 Å². The smallest absolute Gasteiger partial charge is 0.237 e. The summed E-state index contributed by atoms with van der Waals surface area (Å²) in [5.41, 5.74) is 2.26. The van der Waals surface area contributed by atoms with Crippen LogP contribution in [0.3, 0.4) is 0 Å². The van der Waals surface area contributed by atoms with Crippen LogP contribution >= 0.6 is 23.1 Å². The molecule has 1 aromatic carbocycles. The summed E-state index contributed by atoms with van der Waals surface area (Å²) in [6.45, 7) is 1.65. The molecular formula is C21H20N4O2S2. The summed E-state index contributed by atoms with van der Waals surface area (Å²) < 4.78 is 13.6. The van der Waals surface area contributed by atoms with E-state index in [9.17, 15) is 0 Å². The molecular weight excluding hydrogens is 404 g/mol. The fourth-order valence-corrected chi connectivity index (χ4v) is 4.90. The van der Waals surface area contributed by atoms with E-state index in [4.69, 9.17) is 9.26 Å². The predicted molar refractivity (Wildman–Crippen MR) is 114 cm³/mol. The maximum Gasteiger partial charge on any atom is 0.237 e. The molecule has 5 rings (SSSR count). The highest BCUT2D eigenvalue weighted by atomic mass is 32.2. The Morgan fingerprint density at radius 2 is 2.10 bits per heavy atom. The highest BCUT2D eigenvalue weighted by molar-refractivity contribution is 7.98. The molecule has 1 fully saturated rings. The van der Waals surface area contributed by atoms with Crippen LogP contribution in [0, 0.1) is 0 Å². The second kappa shape index (κ2) is 8.52. The first-order valence-corrected chi connectivity index (χ1v) is 11.4. The van der Waals surface area contributed by atoms with E-state index in [2.05, 4.69) is 44.0 Å². The van der Waals surface area contributed by atoms with E-state index in [0.717, 1.165) is 47.3 Å². The molecule has 1 aliphatic heterocycles. The van der Waals surface area contributed by atoms with Crippen molar-refractivity contribution in [3.63, 3.8) is 0 Å². The largest absolute Gasteiger partial charge is 0.376 e. The Bertz CT molecular complexity index is 1050. The lowest BCUT2D eigenvalue weighted by Gasteiger charge is -2.15. The van der Waals surface area contributed by atoms with Gasteiger partial charge in [0.05, 0.1) is 35.2 Å². The lowest BCUT2D eigenvalue weighted by Crippen LogP contribution is -2.16. The molecule has 0 N–H and O–H groups in total. The average Bonchev–Trinajstić information content (AvgIpc) is 3.55. The minimum atomic E-state index is 0.236. The first-order chi connectivity index (χ1) is 14.4. The van der Waals surface area contributed by atoms with Crippen molar-refractivity contribution in [2.75, 3.05) is 6.61 Å². The molecule has 1 saturated heterocycles. The minimum absolute atomic E-state index is 0.236. The van der Waals surface area contributed by atoms with Gasteiger partial charge in [-0.1, -0.05) is 53.3 Å². The van der Waals surface area contributed by atoms with Crippen molar-refractivity contribution in [1.29, 1.82) is 0 Å². The van der Waals surface area contributed by atoms with E-state index in [1.54, 1.807) is 23.1 Å². The van der Waals surface area contributed by atoms with Crippen molar-refractivity contribution >= 4 is 23.1 Å². The standard InChI is InChI=1S/C21H20N4O2S2/c1-2-6-15(7-3-1)17-12-22-21(25(17)13-16-8-4-10-26-16)29-14-19-23-20(24-27-19)18-9-5-11-28-18/h1-3,5-7,9,11-12,16H,4,8,10,13-14H2. The number of thioether (sulfide) groups is 1. The van der Waals surface area contributed by atoms with Crippen molar-refractivity contribution in [3.05, 3.63) is 59.9 Å². The van der Waals surface area contributed by atoms with Crippen molar-refractivity contribution < 1.29 is 9.26 Å². The molecule has 1 aliphatic rings. The molecule has 148 valence electrons. The van der Waals surface area contributed by atoms with Gasteiger partial charge in [0.15, 0.2) is 5.16 Å². The number of hydrogen-bond donors (Lipinski definition) is 0. The number of thiophene rings is 1. The van der Waals surface area contributed by atoms with E-state index in [0.29, 0.717) is 17.5 Å². The van der Waals surface area contributed by atoms with E-state index >= 15 is 0 Å². The molecule has 3 aromatic heterocycles. The maximum absolute atomic E-state index is 5.88. The van der Waals surface area contributed by atoms with Gasteiger partial charge in [-0.2, -0.15) is 4.98 Å². The number of hydrogen-bond acceptors (Lipinski definition) is 7.